The average Bonchev–Trinajstić information content (AvgIpc) is 2.81. The number of amides is 1. The first-order valence-corrected chi connectivity index (χ1v) is 6.38. The molecule has 0 atom stereocenters. The molecule has 18 heavy (non-hydrogen) atoms. The van der Waals surface area contributed by atoms with Crippen LogP contribution in [0.5, 0.6) is 5.75 Å². The lowest BCUT2D eigenvalue weighted by Gasteiger charge is -2.13. The monoisotopic (exact) mass is 263 g/mol. The van der Waals surface area contributed by atoms with E-state index in [2.05, 4.69) is 15.5 Å². The second kappa shape index (κ2) is 5.59. The number of hydrogen-bond acceptors (Lipinski definition) is 5. The van der Waals surface area contributed by atoms with E-state index in [9.17, 15) is 4.79 Å². The largest absolute Gasteiger partial charge is 0.490 e. The molecule has 1 aromatic carbocycles. The Kier molecular flexibility index (Phi) is 3.88. The van der Waals surface area contributed by atoms with Gasteiger partial charge in [-0.25, -0.2) is 0 Å². The fourth-order valence-corrected chi connectivity index (χ4v) is 1.84. The Morgan fingerprint density at radius 1 is 1.39 bits per heavy atom. The Morgan fingerprint density at radius 2 is 2.17 bits per heavy atom. The summed E-state index contributed by atoms with van der Waals surface area (Å²) in [4.78, 5) is 12.1. The maximum Gasteiger partial charge on any atom is 0.261 e. The molecular formula is C12H13N3O2S. The number of carbonyl (C=O) groups is 1. The van der Waals surface area contributed by atoms with Gasteiger partial charge in [-0.05, 0) is 26.0 Å². The Bertz CT molecular complexity index is 526. The molecule has 6 heteroatoms. The van der Waals surface area contributed by atoms with E-state index in [-0.39, 0.29) is 12.0 Å². The van der Waals surface area contributed by atoms with Gasteiger partial charge in [0.05, 0.1) is 11.7 Å². The summed E-state index contributed by atoms with van der Waals surface area (Å²) >= 11 is 1.27. The summed E-state index contributed by atoms with van der Waals surface area (Å²) in [5.74, 6) is 0.317. The first kappa shape index (κ1) is 12.5. The zero-order valence-corrected chi connectivity index (χ0v) is 10.9. The molecule has 0 aliphatic heterocycles. The van der Waals surface area contributed by atoms with Crippen molar-refractivity contribution in [2.75, 3.05) is 5.32 Å². The van der Waals surface area contributed by atoms with Crippen molar-refractivity contribution in [2.45, 2.75) is 20.0 Å². The molecule has 0 aliphatic rings. The van der Waals surface area contributed by atoms with Crippen molar-refractivity contribution in [3.05, 3.63) is 35.3 Å². The van der Waals surface area contributed by atoms with Gasteiger partial charge in [0.1, 0.15) is 11.3 Å². The van der Waals surface area contributed by atoms with Crippen LogP contribution < -0.4 is 10.1 Å². The normalized spacial score (nSPS) is 10.4. The number of hydrogen-bond donors (Lipinski definition) is 1. The van der Waals surface area contributed by atoms with Crippen LogP contribution in [-0.4, -0.2) is 22.2 Å². The zero-order chi connectivity index (χ0) is 13.0. The third-order valence-electron chi connectivity index (χ3n) is 2.07. The molecule has 0 radical (unpaired) electrons. The van der Waals surface area contributed by atoms with Gasteiger partial charge < -0.3 is 4.74 Å². The van der Waals surface area contributed by atoms with Crippen LogP contribution in [0.1, 0.15) is 24.2 Å². The van der Waals surface area contributed by atoms with Gasteiger partial charge in [0, 0.05) is 0 Å². The lowest BCUT2D eigenvalue weighted by atomic mass is 10.2. The van der Waals surface area contributed by atoms with Crippen LogP contribution in [0.3, 0.4) is 0 Å². The molecular weight excluding hydrogens is 250 g/mol. The van der Waals surface area contributed by atoms with Gasteiger partial charge in [-0.3, -0.25) is 10.1 Å². The molecule has 2 aromatic rings. The summed E-state index contributed by atoms with van der Waals surface area (Å²) in [5.41, 5.74) is 2.05. The molecule has 5 nitrogen and oxygen atoms in total. The third-order valence-corrected chi connectivity index (χ3v) is 2.68. The van der Waals surface area contributed by atoms with Crippen molar-refractivity contribution in [1.29, 1.82) is 0 Å². The highest BCUT2D eigenvalue weighted by Crippen LogP contribution is 2.21. The summed E-state index contributed by atoms with van der Waals surface area (Å²) in [5, 5.41) is 10.6. The van der Waals surface area contributed by atoms with Gasteiger partial charge in [-0.15, -0.1) is 10.2 Å². The molecule has 0 aliphatic carbocycles. The number of nitrogens with one attached hydrogen (secondary N) is 1. The molecule has 1 aromatic heterocycles. The molecule has 0 saturated carbocycles. The van der Waals surface area contributed by atoms with E-state index in [0.717, 1.165) is 0 Å². The van der Waals surface area contributed by atoms with Crippen molar-refractivity contribution in [2.24, 2.45) is 0 Å². The third kappa shape index (κ3) is 3.04. The van der Waals surface area contributed by atoms with Crippen LogP contribution in [0, 0.1) is 0 Å². The predicted octanol–water partition coefficient (Wildman–Crippen LogP) is 2.58. The highest BCUT2D eigenvalue weighted by Gasteiger charge is 2.14. The summed E-state index contributed by atoms with van der Waals surface area (Å²) in [7, 11) is 0. The van der Waals surface area contributed by atoms with Crippen LogP contribution in [0.25, 0.3) is 0 Å². The second-order valence-electron chi connectivity index (χ2n) is 3.86. The maximum absolute atomic E-state index is 12.1. The van der Waals surface area contributed by atoms with E-state index in [1.165, 1.54) is 11.3 Å². The molecule has 0 fully saturated rings. The smallest absolute Gasteiger partial charge is 0.261 e. The topological polar surface area (TPSA) is 64.1 Å². The van der Waals surface area contributed by atoms with Gasteiger partial charge in [-0.2, -0.15) is 0 Å². The van der Waals surface area contributed by atoms with E-state index in [0.29, 0.717) is 16.4 Å². The fraction of sp³-hybridized carbons (Fsp3) is 0.250. The Labute approximate surface area is 109 Å². The van der Waals surface area contributed by atoms with Crippen LogP contribution >= 0.6 is 11.3 Å². The summed E-state index contributed by atoms with van der Waals surface area (Å²) in [6.07, 6.45) is 0.0143. The lowest BCUT2D eigenvalue weighted by molar-refractivity contribution is 0.102. The molecule has 2 rings (SSSR count). The average molecular weight is 263 g/mol. The number of anilines is 1. The highest BCUT2D eigenvalue weighted by molar-refractivity contribution is 7.13. The van der Waals surface area contributed by atoms with Crippen LogP contribution in [0.4, 0.5) is 5.13 Å². The number of rotatable bonds is 4. The van der Waals surface area contributed by atoms with E-state index < -0.39 is 0 Å². The predicted molar refractivity (Wildman–Crippen MR) is 70.1 cm³/mol. The van der Waals surface area contributed by atoms with Gasteiger partial charge in [0.2, 0.25) is 5.13 Å². The van der Waals surface area contributed by atoms with Crippen molar-refractivity contribution in [3.8, 4) is 5.75 Å². The van der Waals surface area contributed by atoms with Gasteiger partial charge in [0.25, 0.3) is 5.91 Å². The Hall–Kier alpha value is -1.95. The minimum absolute atomic E-state index is 0.0143. The number of ether oxygens (including phenoxy) is 1. The van der Waals surface area contributed by atoms with Crippen LogP contribution in [-0.2, 0) is 0 Å². The van der Waals surface area contributed by atoms with E-state index in [4.69, 9.17) is 4.74 Å². The van der Waals surface area contributed by atoms with Crippen molar-refractivity contribution in [1.82, 2.24) is 10.2 Å². The molecule has 0 unspecified atom stereocenters. The molecule has 0 bridgehead atoms. The molecule has 1 amide bonds. The summed E-state index contributed by atoms with van der Waals surface area (Å²) < 4.78 is 5.59. The van der Waals surface area contributed by atoms with Crippen molar-refractivity contribution < 1.29 is 9.53 Å². The Morgan fingerprint density at radius 3 is 2.83 bits per heavy atom. The van der Waals surface area contributed by atoms with Gasteiger partial charge in [-0.1, -0.05) is 23.5 Å². The molecule has 1 N–H and O–H groups in total. The number of para-hydroxylation sites is 1. The van der Waals surface area contributed by atoms with E-state index >= 15 is 0 Å². The minimum Gasteiger partial charge on any atom is -0.490 e. The number of nitrogens with zero attached hydrogens (tertiary/aromatic N) is 2. The molecule has 1 heterocycles. The first-order valence-electron chi connectivity index (χ1n) is 5.50. The highest BCUT2D eigenvalue weighted by atomic mass is 32.1. The Balaban J connectivity index is 2.19. The zero-order valence-electron chi connectivity index (χ0n) is 10.1. The van der Waals surface area contributed by atoms with Crippen molar-refractivity contribution >= 4 is 22.4 Å². The van der Waals surface area contributed by atoms with Crippen LogP contribution in [0.15, 0.2) is 29.8 Å². The fourth-order valence-electron chi connectivity index (χ4n) is 1.40. The second-order valence-corrected chi connectivity index (χ2v) is 4.69. The SMILES string of the molecule is CC(C)Oc1ccccc1C(=O)Nc1nncs1. The number of carbonyl (C=O) groups excluding carboxylic acids is 1. The number of benzene rings is 1. The molecule has 0 saturated heterocycles. The van der Waals surface area contributed by atoms with Crippen molar-refractivity contribution in [3.63, 3.8) is 0 Å². The maximum atomic E-state index is 12.1. The van der Waals surface area contributed by atoms with E-state index in [1.54, 1.807) is 23.7 Å². The minimum atomic E-state index is -0.247. The molecule has 0 spiro atoms. The van der Waals surface area contributed by atoms with Gasteiger partial charge >= 0.3 is 0 Å². The summed E-state index contributed by atoms with van der Waals surface area (Å²) in [6, 6.07) is 7.12. The lowest BCUT2D eigenvalue weighted by Crippen LogP contribution is -2.15. The quantitative estimate of drug-likeness (QED) is 0.920. The number of aromatic nitrogens is 2. The standard InChI is InChI=1S/C12H13N3O2S/c1-8(2)17-10-6-4-3-5-9(10)11(16)14-12-15-13-7-18-12/h3-8H,1-2H3,(H,14,15,16). The summed E-state index contributed by atoms with van der Waals surface area (Å²) in [6.45, 7) is 3.83. The first-order chi connectivity index (χ1) is 8.66. The van der Waals surface area contributed by atoms with Gasteiger partial charge in [0.15, 0.2) is 0 Å². The van der Waals surface area contributed by atoms with Crippen LogP contribution in [0.2, 0.25) is 0 Å². The molecule has 94 valence electrons. The van der Waals surface area contributed by atoms with E-state index in [1.807, 2.05) is 19.9 Å².